The summed E-state index contributed by atoms with van der Waals surface area (Å²) < 4.78 is 6.76. The van der Waals surface area contributed by atoms with Crippen molar-refractivity contribution < 1.29 is 9.53 Å². The Balaban J connectivity index is 2.03. The lowest BCUT2D eigenvalue weighted by molar-refractivity contribution is 0.0526. The third kappa shape index (κ3) is 4.00. The van der Waals surface area contributed by atoms with Crippen LogP contribution < -0.4 is 5.56 Å². The van der Waals surface area contributed by atoms with Crippen LogP contribution in [-0.2, 0) is 17.8 Å². The molecule has 0 spiro atoms. The predicted molar refractivity (Wildman–Crippen MR) is 112 cm³/mol. The second-order valence-electron chi connectivity index (χ2n) is 7.04. The molecule has 0 atom stereocenters. The molecule has 0 saturated heterocycles. The molecule has 3 rings (SSSR count). The summed E-state index contributed by atoms with van der Waals surface area (Å²) in [5, 5.41) is 0.702. The van der Waals surface area contributed by atoms with E-state index in [0.717, 1.165) is 26.7 Å². The van der Waals surface area contributed by atoms with E-state index in [-0.39, 0.29) is 11.5 Å². The number of esters is 1. The first kappa shape index (κ1) is 20.2. The molecular weight excluding hydrogens is 374 g/mol. The largest absolute Gasteiger partial charge is 0.462 e. The zero-order chi connectivity index (χ0) is 20.4. The van der Waals surface area contributed by atoms with Crippen LogP contribution in [0.4, 0.5) is 0 Å². The fourth-order valence-electron chi connectivity index (χ4n) is 3.08. The number of fused-ring (bicyclic) bond motifs is 1. The number of nitrogens with zero attached hydrogens (tertiary/aromatic N) is 3. The first-order valence-corrected chi connectivity index (χ1v) is 10.0. The normalized spacial score (nSPS) is 11.4. The summed E-state index contributed by atoms with van der Waals surface area (Å²) >= 11 is 1.56. The van der Waals surface area contributed by atoms with Crippen LogP contribution in [0.1, 0.15) is 39.1 Å². The summed E-state index contributed by atoms with van der Waals surface area (Å²) in [6.45, 7) is 7.09. The molecule has 7 heteroatoms. The Hall–Kier alpha value is -2.51. The lowest BCUT2D eigenvalue weighted by Gasteiger charge is -2.16. The molecule has 2 aromatic heterocycles. The van der Waals surface area contributed by atoms with E-state index in [2.05, 4.69) is 0 Å². The second-order valence-corrected chi connectivity index (χ2v) is 8.24. The summed E-state index contributed by atoms with van der Waals surface area (Å²) in [6.07, 6.45) is 0. The number of benzene rings is 1. The van der Waals surface area contributed by atoms with Gasteiger partial charge in [0.15, 0.2) is 0 Å². The van der Waals surface area contributed by atoms with Crippen LogP contribution in [0.3, 0.4) is 0 Å². The van der Waals surface area contributed by atoms with Gasteiger partial charge >= 0.3 is 5.97 Å². The number of ether oxygens (including phenoxy) is 1. The second kappa shape index (κ2) is 8.24. The van der Waals surface area contributed by atoms with Gasteiger partial charge in [-0.1, -0.05) is 12.1 Å². The van der Waals surface area contributed by atoms with Crippen molar-refractivity contribution in [1.82, 2.24) is 14.5 Å². The van der Waals surface area contributed by atoms with E-state index >= 15 is 0 Å². The van der Waals surface area contributed by atoms with Gasteiger partial charge in [0.25, 0.3) is 5.56 Å². The van der Waals surface area contributed by atoms with Gasteiger partial charge in [0.2, 0.25) is 0 Å². The fraction of sp³-hybridized carbons (Fsp3) is 0.381. The van der Waals surface area contributed by atoms with Gasteiger partial charge in [-0.05, 0) is 58.1 Å². The number of hydrogen-bond donors (Lipinski definition) is 0. The van der Waals surface area contributed by atoms with Gasteiger partial charge in [-0.2, -0.15) is 0 Å². The molecule has 1 aromatic carbocycles. The van der Waals surface area contributed by atoms with Crippen molar-refractivity contribution in [2.75, 3.05) is 20.7 Å². The first-order chi connectivity index (χ1) is 13.3. The van der Waals surface area contributed by atoms with Gasteiger partial charge in [0.05, 0.1) is 30.6 Å². The Kier molecular flexibility index (Phi) is 5.96. The molecule has 0 radical (unpaired) electrons. The molecule has 148 valence electrons. The van der Waals surface area contributed by atoms with Crippen LogP contribution in [0.2, 0.25) is 0 Å². The van der Waals surface area contributed by atoms with Crippen LogP contribution in [0, 0.1) is 13.8 Å². The number of aromatic nitrogens is 2. The number of carbonyl (C=O) groups is 1. The minimum Gasteiger partial charge on any atom is -0.462 e. The van der Waals surface area contributed by atoms with Crippen LogP contribution in [0.15, 0.2) is 29.1 Å². The van der Waals surface area contributed by atoms with Crippen molar-refractivity contribution >= 4 is 27.5 Å². The van der Waals surface area contributed by atoms with Gasteiger partial charge in [-0.25, -0.2) is 9.78 Å². The molecule has 0 aliphatic rings. The summed E-state index contributed by atoms with van der Waals surface area (Å²) in [4.78, 5) is 33.8. The van der Waals surface area contributed by atoms with Crippen LogP contribution in [0.5, 0.6) is 0 Å². The number of aryl methyl sites for hydroxylation is 2. The van der Waals surface area contributed by atoms with E-state index in [1.54, 1.807) is 35.0 Å². The fourth-order valence-corrected chi connectivity index (χ4v) is 4.12. The summed E-state index contributed by atoms with van der Waals surface area (Å²) in [5.41, 5.74) is 2.42. The molecule has 0 aliphatic carbocycles. The van der Waals surface area contributed by atoms with Crippen LogP contribution >= 0.6 is 11.3 Å². The van der Waals surface area contributed by atoms with Crippen molar-refractivity contribution in [1.29, 1.82) is 0 Å². The van der Waals surface area contributed by atoms with Gasteiger partial charge < -0.3 is 9.64 Å². The molecule has 0 saturated carbocycles. The van der Waals surface area contributed by atoms with E-state index < -0.39 is 0 Å². The van der Waals surface area contributed by atoms with E-state index in [9.17, 15) is 9.59 Å². The van der Waals surface area contributed by atoms with Gasteiger partial charge in [-0.3, -0.25) is 9.36 Å². The monoisotopic (exact) mass is 399 g/mol. The smallest absolute Gasteiger partial charge is 0.338 e. The maximum atomic E-state index is 13.3. The highest BCUT2D eigenvalue weighted by molar-refractivity contribution is 7.18. The minimum atomic E-state index is -0.341. The quantitative estimate of drug-likeness (QED) is 0.595. The molecule has 2 heterocycles. The maximum Gasteiger partial charge on any atom is 0.338 e. The zero-order valence-electron chi connectivity index (χ0n) is 16.9. The highest BCUT2D eigenvalue weighted by atomic mass is 32.1. The SMILES string of the molecule is CCOC(=O)c1ccc(Cn2c(CN(C)C)nc3sc(C)c(C)c3c2=O)cc1. The first-order valence-electron chi connectivity index (χ1n) is 9.22. The number of thiophene rings is 1. The Morgan fingerprint density at radius 2 is 1.89 bits per heavy atom. The topological polar surface area (TPSA) is 64.4 Å². The molecule has 0 aliphatic heterocycles. The van der Waals surface area contributed by atoms with Crippen molar-refractivity contribution in [3.63, 3.8) is 0 Å². The van der Waals surface area contributed by atoms with Gasteiger partial charge in [0, 0.05) is 4.88 Å². The predicted octanol–water partition coefficient (Wildman–Crippen LogP) is 3.36. The van der Waals surface area contributed by atoms with E-state index in [0.29, 0.717) is 30.6 Å². The molecule has 0 bridgehead atoms. The average molecular weight is 400 g/mol. The van der Waals surface area contributed by atoms with Crippen LogP contribution in [0.25, 0.3) is 10.2 Å². The highest BCUT2D eigenvalue weighted by Gasteiger charge is 2.17. The number of rotatable bonds is 6. The van der Waals surface area contributed by atoms with Gasteiger partial charge in [-0.15, -0.1) is 11.3 Å². The molecule has 28 heavy (non-hydrogen) atoms. The Bertz CT molecular complexity index is 1070. The summed E-state index contributed by atoms with van der Waals surface area (Å²) in [7, 11) is 3.92. The Morgan fingerprint density at radius 3 is 2.50 bits per heavy atom. The summed E-state index contributed by atoms with van der Waals surface area (Å²) in [5.74, 6) is 0.394. The standard InChI is InChI=1S/C21H25N3O3S/c1-6-27-21(26)16-9-7-15(8-10-16)11-24-17(12-23(4)5)22-19-18(20(24)25)13(2)14(3)28-19/h7-10H,6,11-12H2,1-5H3. The molecule has 6 nitrogen and oxygen atoms in total. The summed E-state index contributed by atoms with van der Waals surface area (Å²) in [6, 6.07) is 7.17. The Labute approximate surface area is 168 Å². The molecule has 0 N–H and O–H groups in total. The van der Waals surface area contributed by atoms with Crippen molar-refractivity contribution in [3.8, 4) is 0 Å². The molecule has 0 unspecified atom stereocenters. The molecule has 0 fully saturated rings. The molecule has 3 aromatic rings. The van der Waals surface area contributed by atoms with Crippen molar-refractivity contribution in [2.24, 2.45) is 0 Å². The molecule has 0 amide bonds. The lowest BCUT2D eigenvalue weighted by atomic mass is 10.1. The number of hydrogen-bond acceptors (Lipinski definition) is 6. The third-order valence-electron chi connectivity index (χ3n) is 4.63. The van der Waals surface area contributed by atoms with Gasteiger partial charge in [0.1, 0.15) is 10.7 Å². The van der Waals surface area contributed by atoms with E-state index in [4.69, 9.17) is 9.72 Å². The zero-order valence-corrected chi connectivity index (χ0v) is 17.7. The number of carbonyl (C=O) groups excluding carboxylic acids is 1. The molecular formula is C21H25N3O3S. The highest BCUT2D eigenvalue weighted by Crippen LogP contribution is 2.26. The average Bonchev–Trinajstić information content (AvgIpc) is 2.92. The minimum absolute atomic E-state index is 0.0156. The maximum absolute atomic E-state index is 13.3. The van der Waals surface area contributed by atoms with E-state index in [1.165, 1.54) is 0 Å². The van der Waals surface area contributed by atoms with Crippen LogP contribution in [-0.4, -0.2) is 41.1 Å². The van der Waals surface area contributed by atoms with Crippen molar-refractivity contribution in [3.05, 3.63) is 62.0 Å². The Morgan fingerprint density at radius 1 is 1.21 bits per heavy atom. The third-order valence-corrected chi connectivity index (χ3v) is 5.73. The van der Waals surface area contributed by atoms with Crippen molar-refractivity contribution in [2.45, 2.75) is 33.9 Å². The van der Waals surface area contributed by atoms with E-state index in [1.807, 2.05) is 45.0 Å². The lowest BCUT2D eigenvalue weighted by Crippen LogP contribution is -2.28.